The largest absolute Gasteiger partial charge is 1.00 e. The first-order valence-electron chi connectivity index (χ1n) is 3.18. The van der Waals surface area contributed by atoms with Gasteiger partial charge in [-0.1, -0.05) is 6.58 Å². The standard InChI is InChI=1S/C6H10O5S.Li/c1-2-6(7)11-4-3-5-12(8,9)10;/h2H,1,3-5H2,(H,8,9,10);/q;+1/p-1. The van der Waals surface area contributed by atoms with Crippen LogP contribution in [0, 0.1) is 0 Å². The molecule has 0 amide bonds. The molecule has 0 atom stereocenters. The molecule has 0 heterocycles. The Kier molecular flexibility index (Phi) is 8.36. The van der Waals surface area contributed by atoms with Gasteiger partial charge in [0.05, 0.1) is 16.7 Å². The van der Waals surface area contributed by atoms with Gasteiger partial charge in [-0.15, -0.1) is 0 Å². The molecule has 70 valence electrons. The molecular formula is C6H9LiO5S. The summed E-state index contributed by atoms with van der Waals surface area (Å²) in [6, 6.07) is 0. The second kappa shape index (κ2) is 7.15. The SMILES string of the molecule is C=CC(=O)OCCCS(=O)(=O)[O-].[Li+]. The molecule has 13 heavy (non-hydrogen) atoms. The molecule has 0 aliphatic rings. The zero-order valence-corrected chi connectivity index (χ0v) is 8.17. The van der Waals surface area contributed by atoms with E-state index in [0.29, 0.717) is 0 Å². The summed E-state index contributed by atoms with van der Waals surface area (Å²) >= 11 is 0. The summed E-state index contributed by atoms with van der Waals surface area (Å²) in [5.74, 6) is -1.14. The van der Waals surface area contributed by atoms with Gasteiger partial charge in [0.1, 0.15) is 0 Å². The fourth-order valence-electron chi connectivity index (χ4n) is 0.467. The van der Waals surface area contributed by atoms with Gasteiger partial charge in [0.25, 0.3) is 0 Å². The molecule has 0 aliphatic carbocycles. The van der Waals surface area contributed by atoms with E-state index in [1.807, 2.05) is 0 Å². The fourth-order valence-corrected chi connectivity index (χ4v) is 0.939. The van der Waals surface area contributed by atoms with Gasteiger partial charge >= 0.3 is 24.8 Å². The van der Waals surface area contributed by atoms with Crippen LogP contribution in [0.4, 0.5) is 0 Å². The van der Waals surface area contributed by atoms with Gasteiger partial charge in [-0.3, -0.25) is 0 Å². The predicted octanol–water partition coefficient (Wildman–Crippen LogP) is -3.35. The van der Waals surface area contributed by atoms with E-state index in [9.17, 15) is 17.8 Å². The van der Waals surface area contributed by atoms with Crippen LogP contribution in [0.3, 0.4) is 0 Å². The van der Waals surface area contributed by atoms with Crippen molar-refractivity contribution in [2.45, 2.75) is 6.42 Å². The average Bonchev–Trinajstić information content (AvgIpc) is 1.96. The number of hydrogen-bond acceptors (Lipinski definition) is 5. The van der Waals surface area contributed by atoms with E-state index in [0.717, 1.165) is 6.08 Å². The Bertz CT molecular complexity index is 258. The van der Waals surface area contributed by atoms with Crippen LogP contribution < -0.4 is 18.9 Å². The molecule has 5 nitrogen and oxygen atoms in total. The summed E-state index contributed by atoms with van der Waals surface area (Å²) in [6.45, 7) is 3.06. The topological polar surface area (TPSA) is 83.5 Å². The van der Waals surface area contributed by atoms with Gasteiger partial charge in [-0.2, -0.15) is 0 Å². The van der Waals surface area contributed by atoms with Gasteiger partial charge < -0.3 is 9.29 Å². The molecule has 0 bridgehead atoms. The molecule has 0 aromatic rings. The minimum Gasteiger partial charge on any atom is -0.748 e. The smallest absolute Gasteiger partial charge is 0.748 e. The molecule has 0 aromatic heterocycles. The van der Waals surface area contributed by atoms with Crippen molar-refractivity contribution >= 4 is 16.1 Å². The van der Waals surface area contributed by atoms with E-state index in [-0.39, 0.29) is 31.9 Å². The Hall–Kier alpha value is -0.283. The summed E-state index contributed by atoms with van der Waals surface area (Å²) in [4.78, 5) is 10.4. The van der Waals surface area contributed by atoms with Crippen molar-refractivity contribution in [2.24, 2.45) is 0 Å². The van der Waals surface area contributed by atoms with Crippen LogP contribution in [0.2, 0.25) is 0 Å². The number of ether oxygens (including phenoxy) is 1. The number of carbonyl (C=O) groups excluding carboxylic acids is 1. The number of esters is 1. The molecular weight excluding hydrogens is 191 g/mol. The third-order valence-electron chi connectivity index (χ3n) is 0.950. The number of hydrogen-bond donors (Lipinski definition) is 0. The molecule has 7 heteroatoms. The van der Waals surface area contributed by atoms with Crippen molar-refractivity contribution in [3.63, 3.8) is 0 Å². The third kappa shape index (κ3) is 11.7. The summed E-state index contributed by atoms with van der Waals surface area (Å²) in [6.07, 6.45) is 0.983. The third-order valence-corrected chi connectivity index (χ3v) is 1.74. The summed E-state index contributed by atoms with van der Waals surface area (Å²) in [7, 11) is -4.20. The van der Waals surface area contributed by atoms with Crippen molar-refractivity contribution < 1.29 is 41.4 Å². The first-order valence-corrected chi connectivity index (χ1v) is 4.76. The van der Waals surface area contributed by atoms with E-state index in [4.69, 9.17) is 0 Å². The Labute approximate surface area is 89.1 Å². The molecule has 0 rings (SSSR count). The minimum absolute atomic E-state index is 0. The summed E-state index contributed by atoms with van der Waals surface area (Å²) in [5, 5.41) is 0. The molecule has 0 aromatic carbocycles. The van der Waals surface area contributed by atoms with E-state index in [2.05, 4.69) is 11.3 Å². The predicted molar refractivity (Wildman–Crippen MR) is 40.3 cm³/mol. The first kappa shape index (κ1) is 15.2. The number of rotatable bonds is 5. The van der Waals surface area contributed by atoms with Crippen molar-refractivity contribution in [2.75, 3.05) is 12.4 Å². The van der Waals surface area contributed by atoms with E-state index in [1.54, 1.807) is 0 Å². The normalized spacial score (nSPS) is 9.92. The molecule has 0 saturated carbocycles. The molecule has 0 fully saturated rings. The van der Waals surface area contributed by atoms with Gasteiger partial charge in [0.15, 0.2) is 0 Å². The molecule has 0 unspecified atom stereocenters. The first-order chi connectivity index (χ1) is 5.45. The van der Waals surface area contributed by atoms with Crippen LogP contribution in [0.25, 0.3) is 0 Å². The minimum atomic E-state index is -4.20. The fraction of sp³-hybridized carbons (Fsp3) is 0.500. The molecule has 0 aliphatic heterocycles. The number of carbonyl (C=O) groups is 1. The van der Waals surface area contributed by atoms with Gasteiger partial charge in [-0.05, 0) is 6.42 Å². The van der Waals surface area contributed by atoms with Crippen molar-refractivity contribution in [3.05, 3.63) is 12.7 Å². The molecule has 0 spiro atoms. The second-order valence-corrected chi connectivity index (χ2v) is 3.51. The maximum Gasteiger partial charge on any atom is 1.00 e. The Morgan fingerprint density at radius 1 is 1.54 bits per heavy atom. The van der Waals surface area contributed by atoms with E-state index >= 15 is 0 Å². The summed E-state index contributed by atoms with van der Waals surface area (Å²) < 4.78 is 34.5. The van der Waals surface area contributed by atoms with Gasteiger partial charge in [0.2, 0.25) is 0 Å². The van der Waals surface area contributed by atoms with Gasteiger partial charge in [0, 0.05) is 11.8 Å². The quantitative estimate of drug-likeness (QED) is 0.152. The zero-order valence-electron chi connectivity index (χ0n) is 7.36. The van der Waals surface area contributed by atoms with Gasteiger partial charge in [-0.25, -0.2) is 13.2 Å². The Morgan fingerprint density at radius 3 is 2.46 bits per heavy atom. The monoisotopic (exact) mass is 200 g/mol. The van der Waals surface area contributed by atoms with Crippen LogP contribution >= 0.6 is 0 Å². The zero-order chi connectivity index (χ0) is 9.61. The Morgan fingerprint density at radius 2 is 2.08 bits per heavy atom. The van der Waals surface area contributed by atoms with Crippen molar-refractivity contribution in [1.29, 1.82) is 0 Å². The molecule has 0 radical (unpaired) electrons. The molecule has 0 N–H and O–H groups in total. The second-order valence-electron chi connectivity index (χ2n) is 1.99. The van der Waals surface area contributed by atoms with E-state index in [1.165, 1.54) is 0 Å². The summed E-state index contributed by atoms with van der Waals surface area (Å²) in [5.41, 5.74) is 0. The average molecular weight is 200 g/mol. The molecule has 0 saturated heterocycles. The van der Waals surface area contributed by atoms with Crippen LogP contribution in [-0.2, 0) is 19.6 Å². The maximum absolute atomic E-state index is 10.4. The van der Waals surface area contributed by atoms with Crippen molar-refractivity contribution in [1.82, 2.24) is 0 Å². The maximum atomic E-state index is 10.4. The Balaban J connectivity index is 0. The van der Waals surface area contributed by atoms with Crippen molar-refractivity contribution in [3.8, 4) is 0 Å². The van der Waals surface area contributed by atoms with Crippen LogP contribution in [0.15, 0.2) is 12.7 Å². The van der Waals surface area contributed by atoms with E-state index < -0.39 is 21.8 Å². The van der Waals surface area contributed by atoms with Crippen LogP contribution in [-0.4, -0.2) is 31.3 Å². The van der Waals surface area contributed by atoms with Crippen LogP contribution in [0.1, 0.15) is 6.42 Å². The van der Waals surface area contributed by atoms with Crippen LogP contribution in [0.5, 0.6) is 0 Å².